The van der Waals surface area contributed by atoms with E-state index in [1.165, 1.54) is 37.6 Å². The van der Waals surface area contributed by atoms with Crippen LogP contribution in [0.5, 0.6) is 0 Å². The summed E-state index contributed by atoms with van der Waals surface area (Å²) in [5.74, 6) is -0.810. The minimum absolute atomic E-state index is 0.329. The van der Waals surface area contributed by atoms with E-state index in [-0.39, 0.29) is 5.91 Å². The lowest BCUT2D eigenvalue weighted by molar-refractivity contribution is 0.0600. The molecular formula is C20H15ClFN3O3. The van der Waals surface area contributed by atoms with E-state index in [9.17, 15) is 14.0 Å². The van der Waals surface area contributed by atoms with Crippen LogP contribution < -0.4 is 10.6 Å². The second-order valence-electron chi connectivity index (χ2n) is 5.70. The van der Waals surface area contributed by atoms with E-state index in [4.69, 9.17) is 16.3 Å². The van der Waals surface area contributed by atoms with Crippen LogP contribution in [0.4, 0.5) is 21.6 Å². The average molecular weight is 400 g/mol. The van der Waals surface area contributed by atoms with Gasteiger partial charge in [-0.3, -0.25) is 4.79 Å². The summed E-state index contributed by atoms with van der Waals surface area (Å²) in [4.78, 5) is 28.0. The molecule has 142 valence electrons. The van der Waals surface area contributed by atoms with Gasteiger partial charge in [-0.05, 0) is 54.6 Å². The van der Waals surface area contributed by atoms with Gasteiger partial charge in [0.2, 0.25) is 0 Å². The number of aromatic nitrogens is 1. The molecule has 0 spiro atoms. The lowest BCUT2D eigenvalue weighted by Crippen LogP contribution is -2.12. The van der Waals surface area contributed by atoms with Crippen molar-refractivity contribution in [2.75, 3.05) is 17.7 Å². The van der Waals surface area contributed by atoms with Crippen molar-refractivity contribution in [2.24, 2.45) is 0 Å². The highest BCUT2D eigenvalue weighted by molar-refractivity contribution is 6.33. The summed E-state index contributed by atoms with van der Waals surface area (Å²) in [6.07, 6.45) is 1.46. The van der Waals surface area contributed by atoms with Gasteiger partial charge in [0.1, 0.15) is 11.6 Å². The number of carbonyl (C=O) groups is 2. The van der Waals surface area contributed by atoms with Crippen LogP contribution >= 0.6 is 11.6 Å². The number of hydrogen-bond acceptors (Lipinski definition) is 5. The number of anilines is 3. The van der Waals surface area contributed by atoms with E-state index in [1.807, 2.05) is 0 Å². The fraction of sp³-hybridized carbons (Fsp3) is 0.0500. The molecule has 0 saturated carbocycles. The van der Waals surface area contributed by atoms with Crippen molar-refractivity contribution < 1.29 is 18.7 Å². The van der Waals surface area contributed by atoms with Crippen molar-refractivity contribution in [1.29, 1.82) is 0 Å². The smallest absolute Gasteiger partial charge is 0.337 e. The van der Waals surface area contributed by atoms with Gasteiger partial charge >= 0.3 is 5.97 Å². The largest absolute Gasteiger partial charge is 0.465 e. The number of ether oxygens (including phenoxy) is 1. The molecule has 0 aliphatic rings. The van der Waals surface area contributed by atoms with Gasteiger partial charge in [-0.1, -0.05) is 11.6 Å². The fourth-order valence-corrected chi connectivity index (χ4v) is 2.51. The molecule has 1 heterocycles. The summed E-state index contributed by atoms with van der Waals surface area (Å²) in [5, 5.41) is 6.08. The van der Waals surface area contributed by atoms with Crippen molar-refractivity contribution in [1.82, 2.24) is 4.98 Å². The molecule has 2 aromatic carbocycles. The number of methoxy groups -OCH3 is 1. The van der Waals surface area contributed by atoms with E-state index >= 15 is 0 Å². The van der Waals surface area contributed by atoms with Crippen molar-refractivity contribution >= 4 is 40.7 Å². The Morgan fingerprint density at radius 3 is 2.39 bits per heavy atom. The molecule has 1 amide bonds. The standard InChI is InChI=1S/C20H15ClFN3O3/c1-28-20(27)13-4-8-16(21)17(10-13)25-18-9-7-15(11-23-18)24-19(26)12-2-5-14(22)6-3-12/h2-11H,1H3,(H,23,25)(H,24,26). The molecule has 6 nitrogen and oxygen atoms in total. The maximum Gasteiger partial charge on any atom is 0.337 e. The zero-order chi connectivity index (χ0) is 20.1. The first kappa shape index (κ1) is 19.3. The SMILES string of the molecule is COC(=O)c1ccc(Cl)c(Nc2ccc(NC(=O)c3ccc(F)cc3)cn2)c1. The molecule has 0 aliphatic carbocycles. The van der Waals surface area contributed by atoms with Gasteiger partial charge in [-0.2, -0.15) is 0 Å². The Labute approximate surface area is 165 Å². The molecular weight excluding hydrogens is 385 g/mol. The zero-order valence-corrected chi connectivity index (χ0v) is 15.5. The lowest BCUT2D eigenvalue weighted by Gasteiger charge is -2.10. The van der Waals surface area contributed by atoms with Crippen LogP contribution in [0.15, 0.2) is 60.8 Å². The molecule has 8 heteroatoms. The van der Waals surface area contributed by atoms with Crippen LogP contribution in [0.3, 0.4) is 0 Å². The van der Waals surface area contributed by atoms with Crippen molar-refractivity contribution in [3.8, 4) is 0 Å². The quantitative estimate of drug-likeness (QED) is 0.610. The van der Waals surface area contributed by atoms with Crippen LogP contribution in [0.2, 0.25) is 5.02 Å². The Morgan fingerprint density at radius 2 is 1.75 bits per heavy atom. The Bertz CT molecular complexity index is 1010. The number of pyridine rings is 1. The van der Waals surface area contributed by atoms with Gasteiger partial charge in [-0.15, -0.1) is 0 Å². The summed E-state index contributed by atoms with van der Waals surface area (Å²) < 4.78 is 17.6. The minimum atomic E-state index is -0.480. The number of rotatable bonds is 5. The summed E-state index contributed by atoms with van der Waals surface area (Å²) in [6, 6.07) is 13.2. The summed E-state index contributed by atoms with van der Waals surface area (Å²) in [6.45, 7) is 0. The first-order valence-corrected chi connectivity index (χ1v) is 8.52. The summed E-state index contributed by atoms with van der Waals surface area (Å²) in [5.41, 5.74) is 1.63. The molecule has 0 atom stereocenters. The Balaban J connectivity index is 1.70. The maximum atomic E-state index is 12.9. The molecule has 1 aromatic heterocycles. The number of esters is 1. The van der Waals surface area contributed by atoms with Gasteiger partial charge in [0.25, 0.3) is 5.91 Å². The Kier molecular flexibility index (Phi) is 5.86. The second-order valence-corrected chi connectivity index (χ2v) is 6.11. The van der Waals surface area contributed by atoms with Crippen LogP contribution in [0, 0.1) is 5.82 Å². The third kappa shape index (κ3) is 4.63. The molecule has 3 aromatic rings. The van der Waals surface area contributed by atoms with Crippen molar-refractivity contribution in [3.63, 3.8) is 0 Å². The van der Waals surface area contributed by atoms with Crippen LogP contribution in [-0.4, -0.2) is 24.0 Å². The molecule has 0 fully saturated rings. The first-order chi connectivity index (χ1) is 13.5. The highest BCUT2D eigenvalue weighted by Crippen LogP contribution is 2.26. The van der Waals surface area contributed by atoms with Crippen molar-refractivity contribution in [2.45, 2.75) is 0 Å². The minimum Gasteiger partial charge on any atom is -0.465 e. The molecule has 0 radical (unpaired) electrons. The van der Waals surface area contributed by atoms with Crippen LogP contribution in [-0.2, 0) is 4.74 Å². The third-order valence-electron chi connectivity index (χ3n) is 3.78. The molecule has 0 aliphatic heterocycles. The molecule has 0 unspecified atom stereocenters. The number of nitrogens with zero attached hydrogens (tertiary/aromatic N) is 1. The monoisotopic (exact) mass is 399 g/mol. The highest BCUT2D eigenvalue weighted by Gasteiger charge is 2.10. The van der Waals surface area contributed by atoms with E-state index in [2.05, 4.69) is 15.6 Å². The summed E-state index contributed by atoms with van der Waals surface area (Å²) >= 11 is 6.15. The van der Waals surface area contributed by atoms with Gasteiger partial charge in [-0.25, -0.2) is 14.2 Å². The number of nitrogens with one attached hydrogen (secondary N) is 2. The predicted molar refractivity (Wildman–Crippen MR) is 105 cm³/mol. The number of hydrogen-bond donors (Lipinski definition) is 2. The zero-order valence-electron chi connectivity index (χ0n) is 14.7. The average Bonchev–Trinajstić information content (AvgIpc) is 2.71. The Morgan fingerprint density at radius 1 is 1.04 bits per heavy atom. The second kappa shape index (κ2) is 8.49. The molecule has 0 bridgehead atoms. The van der Waals surface area contributed by atoms with E-state index < -0.39 is 11.8 Å². The molecule has 0 saturated heterocycles. The third-order valence-corrected chi connectivity index (χ3v) is 4.11. The van der Waals surface area contributed by atoms with Crippen LogP contribution in [0.1, 0.15) is 20.7 Å². The van der Waals surface area contributed by atoms with Gasteiger partial charge in [0, 0.05) is 5.56 Å². The van der Waals surface area contributed by atoms with E-state index in [0.29, 0.717) is 33.3 Å². The molecule has 28 heavy (non-hydrogen) atoms. The lowest BCUT2D eigenvalue weighted by atomic mass is 10.2. The maximum absolute atomic E-state index is 12.9. The van der Waals surface area contributed by atoms with Gasteiger partial charge in [0.15, 0.2) is 0 Å². The molecule has 2 N–H and O–H groups in total. The Hall–Kier alpha value is -3.45. The fourth-order valence-electron chi connectivity index (χ4n) is 2.35. The van der Waals surface area contributed by atoms with Gasteiger partial charge < -0.3 is 15.4 Å². The number of carbonyl (C=O) groups excluding carboxylic acids is 2. The highest BCUT2D eigenvalue weighted by atomic mass is 35.5. The first-order valence-electron chi connectivity index (χ1n) is 8.14. The number of halogens is 2. The molecule has 3 rings (SSSR count). The van der Waals surface area contributed by atoms with Crippen molar-refractivity contribution in [3.05, 3.63) is 82.8 Å². The van der Waals surface area contributed by atoms with Gasteiger partial charge in [0.05, 0.1) is 35.3 Å². The van der Waals surface area contributed by atoms with E-state index in [0.717, 1.165) is 0 Å². The number of amides is 1. The number of benzene rings is 2. The van der Waals surface area contributed by atoms with Crippen LogP contribution in [0.25, 0.3) is 0 Å². The summed E-state index contributed by atoms with van der Waals surface area (Å²) in [7, 11) is 1.30. The van der Waals surface area contributed by atoms with E-state index in [1.54, 1.807) is 30.3 Å². The normalized spacial score (nSPS) is 10.2. The predicted octanol–water partition coefficient (Wildman–Crippen LogP) is 4.66. The topological polar surface area (TPSA) is 80.3 Å².